The number of carbonyl (C=O) groups excluding carboxylic acids is 1. The first-order valence-electron chi connectivity index (χ1n) is 13.2. The molecule has 0 radical (unpaired) electrons. The molecule has 0 aromatic heterocycles. The largest absolute Gasteiger partial charge is 0.489 e. The van der Waals surface area contributed by atoms with Gasteiger partial charge in [0.05, 0.1) is 17.1 Å². The van der Waals surface area contributed by atoms with Gasteiger partial charge < -0.3 is 9.47 Å². The molecule has 1 atom stereocenters. The number of carbonyl (C=O) groups is 1. The van der Waals surface area contributed by atoms with Crippen molar-refractivity contribution in [2.45, 2.75) is 62.7 Å². The SMILES string of the molecule is CC(C)(OC(=O)Nc1ccc2c(c1)N(S(=O)(=O)c1ccc(F)cc1)CCO2)C(F)(F)F.CNS(=O)(=O)N1CCCCC1C.[HH].[HH]. The fourth-order valence-electron chi connectivity index (χ4n) is 4.23. The number of nitrogens with one attached hydrogen (secondary N) is 2. The summed E-state index contributed by atoms with van der Waals surface area (Å²) >= 11 is 0. The molecular weight excluding hydrogens is 620 g/mol. The number of hydrogen-bond donors (Lipinski definition) is 2. The van der Waals surface area contributed by atoms with E-state index in [-0.39, 0.29) is 44.1 Å². The minimum absolute atomic E-state index is 0. The number of sulfonamides is 1. The monoisotopic (exact) mass is 658 g/mol. The van der Waals surface area contributed by atoms with Gasteiger partial charge in [-0.3, -0.25) is 9.62 Å². The molecule has 1 saturated heterocycles. The van der Waals surface area contributed by atoms with Crippen molar-refractivity contribution in [3.8, 4) is 5.75 Å². The lowest BCUT2D eigenvalue weighted by Crippen LogP contribution is -2.46. The quantitative estimate of drug-likeness (QED) is 0.412. The van der Waals surface area contributed by atoms with E-state index in [2.05, 4.69) is 14.8 Å². The maximum Gasteiger partial charge on any atom is 0.427 e. The summed E-state index contributed by atoms with van der Waals surface area (Å²) in [6, 6.07) is 8.31. The number of amides is 1. The zero-order valence-electron chi connectivity index (χ0n) is 23.9. The van der Waals surface area contributed by atoms with Crippen molar-refractivity contribution in [3.05, 3.63) is 48.3 Å². The number of piperidine rings is 1. The van der Waals surface area contributed by atoms with Crippen molar-refractivity contribution in [1.82, 2.24) is 9.03 Å². The van der Waals surface area contributed by atoms with Crippen LogP contribution in [0.5, 0.6) is 5.75 Å². The average Bonchev–Trinajstić information content (AvgIpc) is 2.92. The van der Waals surface area contributed by atoms with E-state index in [0.29, 0.717) is 20.4 Å². The topological polar surface area (TPSA) is 134 Å². The average molecular weight is 659 g/mol. The lowest BCUT2D eigenvalue weighted by atomic mass is 10.1. The highest BCUT2D eigenvalue weighted by atomic mass is 32.2. The molecule has 1 fully saturated rings. The molecule has 244 valence electrons. The van der Waals surface area contributed by atoms with Crippen LogP contribution in [0.1, 0.15) is 42.9 Å². The molecular formula is C26H38F4N4O7S2. The van der Waals surface area contributed by atoms with E-state index in [9.17, 15) is 39.2 Å². The van der Waals surface area contributed by atoms with Crippen molar-refractivity contribution in [1.29, 1.82) is 0 Å². The van der Waals surface area contributed by atoms with Crippen LogP contribution in [0.3, 0.4) is 0 Å². The van der Waals surface area contributed by atoms with Crippen LogP contribution >= 0.6 is 0 Å². The van der Waals surface area contributed by atoms with Crippen LogP contribution in [0, 0.1) is 5.82 Å². The van der Waals surface area contributed by atoms with Crippen LogP contribution in [-0.2, 0) is 25.0 Å². The second-order valence-electron chi connectivity index (χ2n) is 10.2. The highest BCUT2D eigenvalue weighted by Gasteiger charge is 2.51. The minimum atomic E-state index is -4.78. The first-order chi connectivity index (χ1) is 19.9. The number of anilines is 2. The summed E-state index contributed by atoms with van der Waals surface area (Å²) in [5, 5.41) is 2.15. The number of benzene rings is 2. The van der Waals surface area contributed by atoms with E-state index < -0.39 is 43.9 Å². The van der Waals surface area contributed by atoms with E-state index in [1.807, 2.05) is 6.92 Å². The summed E-state index contributed by atoms with van der Waals surface area (Å²) in [4.78, 5) is 11.8. The molecule has 1 amide bonds. The van der Waals surface area contributed by atoms with Crippen molar-refractivity contribution < 1.29 is 51.5 Å². The van der Waals surface area contributed by atoms with Crippen LogP contribution < -0.4 is 19.1 Å². The third-order valence-corrected chi connectivity index (χ3v) is 10.3. The summed E-state index contributed by atoms with van der Waals surface area (Å²) in [7, 11) is -5.82. The predicted molar refractivity (Wildman–Crippen MR) is 155 cm³/mol. The highest BCUT2D eigenvalue weighted by molar-refractivity contribution is 7.92. The Morgan fingerprint density at radius 1 is 1.05 bits per heavy atom. The first-order valence-corrected chi connectivity index (χ1v) is 16.1. The molecule has 0 spiro atoms. The molecule has 0 bridgehead atoms. The van der Waals surface area contributed by atoms with E-state index in [0.717, 1.165) is 47.8 Å². The molecule has 2 N–H and O–H groups in total. The summed E-state index contributed by atoms with van der Waals surface area (Å²) in [5.41, 5.74) is -2.68. The third-order valence-electron chi connectivity index (χ3n) is 6.77. The smallest absolute Gasteiger partial charge is 0.427 e. The van der Waals surface area contributed by atoms with Crippen LogP contribution in [0.15, 0.2) is 47.4 Å². The lowest BCUT2D eigenvalue weighted by Gasteiger charge is -2.31. The second-order valence-corrected chi connectivity index (χ2v) is 13.9. The normalized spacial score (nSPS) is 18.0. The summed E-state index contributed by atoms with van der Waals surface area (Å²) in [6.45, 7) is 3.98. The molecule has 0 aliphatic carbocycles. The van der Waals surface area contributed by atoms with E-state index in [1.54, 1.807) is 0 Å². The number of halogens is 4. The Morgan fingerprint density at radius 2 is 1.70 bits per heavy atom. The fraction of sp³-hybridized carbons (Fsp3) is 0.500. The molecule has 2 aliphatic heterocycles. The van der Waals surface area contributed by atoms with Gasteiger partial charge in [-0.25, -0.2) is 22.3 Å². The van der Waals surface area contributed by atoms with Gasteiger partial charge in [-0.1, -0.05) is 6.42 Å². The van der Waals surface area contributed by atoms with Gasteiger partial charge in [-0.15, -0.1) is 0 Å². The van der Waals surface area contributed by atoms with Crippen LogP contribution in [-0.4, -0.2) is 71.8 Å². The number of ether oxygens (including phenoxy) is 2. The van der Waals surface area contributed by atoms with Crippen molar-refractivity contribution in [3.63, 3.8) is 0 Å². The van der Waals surface area contributed by atoms with Gasteiger partial charge in [-0.05, 0) is 76.1 Å². The van der Waals surface area contributed by atoms with Gasteiger partial charge in [0, 0.05) is 28.2 Å². The van der Waals surface area contributed by atoms with Crippen molar-refractivity contribution in [2.75, 3.05) is 36.4 Å². The Kier molecular flexibility index (Phi) is 10.6. The number of hydrogen-bond acceptors (Lipinski definition) is 7. The Bertz CT molecular complexity index is 1510. The zero-order valence-corrected chi connectivity index (χ0v) is 25.6. The summed E-state index contributed by atoms with van der Waals surface area (Å²) in [6.07, 6.45) is -3.07. The summed E-state index contributed by atoms with van der Waals surface area (Å²) < 4.78 is 115. The van der Waals surface area contributed by atoms with Crippen molar-refractivity contribution >= 4 is 37.7 Å². The highest BCUT2D eigenvalue weighted by Crippen LogP contribution is 2.38. The molecule has 2 heterocycles. The Balaban J connectivity index is 0.000000612. The van der Waals surface area contributed by atoms with Crippen molar-refractivity contribution in [2.24, 2.45) is 0 Å². The number of alkyl halides is 3. The molecule has 2 aromatic rings. The molecule has 2 aromatic carbocycles. The standard InChI is InChI=1S/C19H18F4N2O5S.C7H16N2O2S.2H2/c1-18(2,19(21,22)23)30-17(26)24-13-5-8-16-15(11-13)25(9-10-29-16)31(27,28)14-6-3-12(20)4-7-14;1-7-5-3-4-6-9(7)12(10,11)8-2;;/h3-8,11H,9-10H2,1-2H3,(H,24,26);7-8H,3-6H2,1-2H3;2*1H. The molecule has 17 heteroatoms. The zero-order chi connectivity index (χ0) is 32.2. The summed E-state index contributed by atoms with van der Waals surface area (Å²) in [5.74, 6) is -0.417. The van der Waals surface area contributed by atoms with E-state index in [4.69, 9.17) is 4.74 Å². The number of rotatable bonds is 6. The number of fused-ring (bicyclic) bond motifs is 1. The molecule has 1 unspecified atom stereocenters. The number of nitrogens with zero attached hydrogens (tertiary/aromatic N) is 2. The van der Waals surface area contributed by atoms with Crippen LogP contribution in [0.25, 0.3) is 0 Å². The molecule has 2 aliphatic rings. The minimum Gasteiger partial charge on any atom is -0.489 e. The van der Waals surface area contributed by atoms with Crippen LogP contribution in [0.2, 0.25) is 0 Å². The van der Waals surface area contributed by atoms with Gasteiger partial charge in [0.25, 0.3) is 20.2 Å². The molecule has 4 rings (SSSR count). The Labute approximate surface area is 251 Å². The lowest BCUT2D eigenvalue weighted by molar-refractivity contribution is -0.242. The Hall–Kier alpha value is -3.15. The maximum absolute atomic E-state index is 13.2. The molecule has 43 heavy (non-hydrogen) atoms. The van der Waals surface area contributed by atoms with E-state index >= 15 is 0 Å². The fourth-order valence-corrected chi connectivity index (χ4v) is 6.87. The molecule has 11 nitrogen and oxygen atoms in total. The van der Waals surface area contributed by atoms with Gasteiger partial charge in [0.2, 0.25) is 5.60 Å². The maximum atomic E-state index is 13.2. The first kappa shape index (κ1) is 34.3. The molecule has 0 saturated carbocycles. The second kappa shape index (κ2) is 13.2. The van der Waals surface area contributed by atoms with E-state index in [1.165, 1.54) is 29.6 Å². The van der Waals surface area contributed by atoms with Gasteiger partial charge in [0.15, 0.2) is 0 Å². The van der Waals surface area contributed by atoms with Crippen LogP contribution in [0.4, 0.5) is 33.7 Å². The van der Waals surface area contributed by atoms with Gasteiger partial charge in [0.1, 0.15) is 18.2 Å². The Morgan fingerprint density at radius 3 is 2.28 bits per heavy atom. The third kappa shape index (κ3) is 8.27. The van der Waals surface area contributed by atoms with Gasteiger partial charge in [-0.2, -0.15) is 25.9 Å². The predicted octanol–water partition coefficient (Wildman–Crippen LogP) is 5.12. The van der Waals surface area contributed by atoms with Gasteiger partial charge >= 0.3 is 12.3 Å².